The van der Waals surface area contributed by atoms with Crippen LogP contribution in [0.1, 0.15) is 61.3 Å². The van der Waals surface area contributed by atoms with Gasteiger partial charge in [0.1, 0.15) is 17.7 Å². The molecule has 38 heavy (non-hydrogen) atoms. The van der Waals surface area contributed by atoms with Crippen molar-refractivity contribution in [2.75, 3.05) is 18.9 Å². The van der Waals surface area contributed by atoms with E-state index >= 15 is 0 Å². The molecule has 0 unspecified atom stereocenters. The van der Waals surface area contributed by atoms with Crippen molar-refractivity contribution in [1.29, 1.82) is 0 Å². The first-order chi connectivity index (χ1) is 18.2. The lowest BCUT2D eigenvalue weighted by Crippen LogP contribution is -2.31. The number of carbonyl (C=O) groups is 1. The van der Waals surface area contributed by atoms with Gasteiger partial charge in [-0.1, -0.05) is 32.0 Å². The van der Waals surface area contributed by atoms with Crippen molar-refractivity contribution in [2.24, 2.45) is 0 Å². The number of fused-ring (bicyclic) bond motifs is 2. The van der Waals surface area contributed by atoms with Crippen molar-refractivity contribution in [3.63, 3.8) is 0 Å². The largest absolute Gasteiger partial charge is 0.369 e. The topological polar surface area (TPSA) is 102 Å². The molecule has 1 aliphatic heterocycles. The number of amides is 1. The number of aromatic nitrogens is 4. The summed E-state index contributed by atoms with van der Waals surface area (Å²) in [5, 5.41) is 6.47. The molecule has 0 saturated heterocycles. The molecule has 0 spiro atoms. The third kappa shape index (κ3) is 4.47. The third-order valence-electron chi connectivity index (χ3n) is 7.48. The van der Waals surface area contributed by atoms with Gasteiger partial charge in [-0.2, -0.15) is 0 Å². The molecule has 1 aliphatic rings. The zero-order valence-electron chi connectivity index (χ0n) is 22.2. The summed E-state index contributed by atoms with van der Waals surface area (Å²) < 4.78 is 20.4. The van der Waals surface area contributed by atoms with Crippen LogP contribution in [-0.4, -0.2) is 39.4 Å². The fraction of sp³-hybridized carbons (Fsp3) is 0.345. The van der Waals surface area contributed by atoms with Crippen molar-refractivity contribution >= 4 is 22.6 Å². The van der Waals surface area contributed by atoms with Gasteiger partial charge in [-0.25, -0.2) is 14.4 Å². The Hall–Kier alpha value is -3.98. The van der Waals surface area contributed by atoms with Crippen LogP contribution in [-0.2, 0) is 22.4 Å². The summed E-state index contributed by atoms with van der Waals surface area (Å²) in [6.07, 6.45) is 5.25. The average molecular weight is 515 g/mol. The van der Waals surface area contributed by atoms with E-state index in [1.54, 1.807) is 6.07 Å². The molecule has 0 saturated carbocycles. The van der Waals surface area contributed by atoms with Crippen LogP contribution >= 0.6 is 0 Å². The first kappa shape index (κ1) is 25.7. The number of para-hydroxylation sites is 1. The molecule has 1 aromatic carbocycles. The van der Waals surface area contributed by atoms with E-state index in [4.69, 9.17) is 4.74 Å². The molecule has 0 aliphatic carbocycles. The van der Waals surface area contributed by atoms with Crippen LogP contribution in [0.15, 0.2) is 49.1 Å². The second-order valence-electron chi connectivity index (χ2n) is 10.3. The SMILES string of the molecule is CC[C@](C)(CNc1cc(-c2cnc3c(c2)COC3(C)C)ncn1)c1cccc2c(C(=O)NC)c(F)cnc12. The molecule has 0 fully saturated rings. The highest BCUT2D eigenvalue weighted by Gasteiger charge is 2.33. The lowest BCUT2D eigenvalue weighted by atomic mass is 9.78. The molecule has 2 N–H and O–H groups in total. The molecule has 1 atom stereocenters. The van der Waals surface area contributed by atoms with Crippen LogP contribution in [0.5, 0.6) is 0 Å². The Morgan fingerprint density at radius 3 is 2.74 bits per heavy atom. The molecule has 3 aromatic heterocycles. The van der Waals surface area contributed by atoms with Crippen LogP contribution < -0.4 is 10.6 Å². The fourth-order valence-electron chi connectivity index (χ4n) is 4.98. The number of rotatable bonds is 7. The highest BCUT2D eigenvalue weighted by Crippen LogP contribution is 2.37. The molecular formula is C29H31FN6O2. The van der Waals surface area contributed by atoms with E-state index in [-0.39, 0.29) is 16.6 Å². The van der Waals surface area contributed by atoms with Crippen LogP contribution in [0.3, 0.4) is 0 Å². The predicted octanol–water partition coefficient (Wildman–Crippen LogP) is 5.13. The van der Waals surface area contributed by atoms with E-state index in [9.17, 15) is 9.18 Å². The minimum absolute atomic E-state index is 0.00273. The summed E-state index contributed by atoms with van der Waals surface area (Å²) >= 11 is 0. The summed E-state index contributed by atoms with van der Waals surface area (Å²) in [7, 11) is 1.49. The standard InChI is InChI=1S/C29H31FN6O2/c1-6-29(4,20-9-7-8-19-24(27(37)31-5)21(30)13-32-25(19)20)15-34-23-11-22(35-16-36-23)17-10-18-14-38-28(2,3)26(18)33-12-17/h7-13,16H,6,14-15H2,1-5H3,(H,31,37)(H,34,35,36)/t29-/m1/s1. The molecule has 0 bridgehead atoms. The Kier molecular flexibility index (Phi) is 6.56. The van der Waals surface area contributed by atoms with Crippen LogP contribution in [0.4, 0.5) is 10.2 Å². The molecule has 5 rings (SSSR count). The monoisotopic (exact) mass is 514 g/mol. The minimum Gasteiger partial charge on any atom is -0.369 e. The number of nitrogens with one attached hydrogen (secondary N) is 2. The first-order valence-electron chi connectivity index (χ1n) is 12.7. The quantitative estimate of drug-likeness (QED) is 0.352. The van der Waals surface area contributed by atoms with Gasteiger partial charge >= 0.3 is 0 Å². The number of ether oxygens (including phenoxy) is 1. The van der Waals surface area contributed by atoms with Crippen molar-refractivity contribution in [3.05, 3.63) is 77.3 Å². The Labute approximate surface area is 221 Å². The van der Waals surface area contributed by atoms with Gasteiger partial charge in [-0.15, -0.1) is 0 Å². The summed E-state index contributed by atoms with van der Waals surface area (Å²) in [6, 6.07) is 9.53. The molecule has 4 aromatic rings. The van der Waals surface area contributed by atoms with Crippen molar-refractivity contribution < 1.29 is 13.9 Å². The second-order valence-corrected chi connectivity index (χ2v) is 10.3. The predicted molar refractivity (Wildman–Crippen MR) is 144 cm³/mol. The summed E-state index contributed by atoms with van der Waals surface area (Å²) in [4.78, 5) is 30.3. The second kappa shape index (κ2) is 9.72. The molecule has 8 nitrogen and oxygen atoms in total. The Morgan fingerprint density at radius 1 is 1.16 bits per heavy atom. The van der Waals surface area contributed by atoms with E-state index < -0.39 is 11.7 Å². The van der Waals surface area contributed by atoms with Gasteiger partial charge in [0.05, 0.1) is 35.3 Å². The number of pyridine rings is 2. The van der Waals surface area contributed by atoms with E-state index in [0.29, 0.717) is 29.9 Å². The van der Waals surface area contributed by atoms with E-state index in [2.05, 4.69) is 50.5 Å². The van der Waals surface area contributed by atoms with Gasteiger partial charge in [0.25, 0.3) is 5.91 Å². The number of nitrogens with zero attached hydrogens (tertiary/aromatic N) is 4. The number of hydrogen-bond donors (Lipinski definition) is 2. The zero-order valence-corrected chi connectivity index (χ0v) is 22.2. The highest BCUT2D eigenvalue weighted by atomic mass is 19.1. The maximum absolute atomic E-state index is 14.6. The van der Waals surface area contributed by atoms with Gasteiger partial charge in [-0.05, 0) is 31.9 Å². The van der Waals surface area contributed by atoms with Crippen LogP contribution in [0, 0.1) is 5.82 Å². The lowest BCUT2D eigenvalue weighted by molar-refractivity contribution is -0.0101. The highest BCUT2D eigenvalue weighted by molar-refractivity contribution is 6.06. The zero-order chi connectivity index (χ0) is 27.1. The Bertz CT molecular complexity index is 1540. The normalized spacial score (nSPS) is 15.6. The average Bonchev–Trinajstić information content (AvgIpc) is 3.24. The van der Waals surface area contributed by atoms with E-state index in [1.807, 2.05) is 38.2 Å². The third-order valence-corrected chi connectivity index (χ3v) is 7.48. The Morgan fingerprint density at radius 2 is 1.97 bits per heavy atom. The van der Waals surface area contributed by atoms with Crippen LogP contribution in [0.25, 0.3) is 22.2 Å². The number of carbonyl (C=O) groups excluding carboxylic acids is 1. The molecular weight excluding hydrogens is 483 g/mol. The van der Waals surface area contributed by atoms with Gasteiger partial charge in [0.2, 0.25) is 0 Å². The Balaban J connectivity index is 1.44. The van der Waals surface area contributed by atoms with Gasteiger partial charge in [0.15, 0.2) is 5.82 Å². The smallest absolute Gasteiger partial charge is 0.254 e. The number of anilines is 1. The molecule has 0 radical (unpaired) electrons. The molecule has 9 heteroatoms. The number of hydrogen-bond acceptors (Lipinski definition) is 7. The molecule has 196 valence electrons. The number of benzene rings is 1. The summed E-state index contributed by atoms with van der Waals surface area (Å²) in [5.41, 5.74) is 4.45. The minimum atomic E-state index is -0.644. The molecule has 4 heterocycles. The van der Waals surface area contributed by atoms with Gasteiger partial charge in [-0.3, -0.25) is 14.8 Å². The van der Waals surface area contributed by atoms with Crippen molar-refractivity contribution in [1.82, 2.24) is 25.3 Å². The van der Waals surface area contributed by atoms with Gasteiger partial charge in [0, 0.05) is 47.8 Å². The first-order valence-corrected chi connectivity index (χ1v) is 12.7. The lowest BCUT2D eigenvalue weighted by Gasteiger charge is -2.30. The summed E-state index contributed by atoms with van der Waals surface area (Å²) in [5.74, 6) is -0.444. The molecule has 1 amide bonds. The fourth-order valence-corrected chi connectivity index (χ4v) is 4.98. The van der Waals surface area contributed by atoms with Crippen LogP contribution in [0.2, 0.25) is 0 Å². The van der Waals surface area contributed by atoms with Gasteiger partial charge < -0.3 is 15.4 Å². The van der Waals surface area contributed by atoms with Crippen molar-refractivity contribution in [2.45, 2.75) is 51.7 Å². The number of halogens is 1. The van der Waals surface area contributed by atoms with Crippen molar-refractivity contribution in [3.8, 4) is 11.3 Å². The van der Waals surface area contributed by atoms with E-state index in [0.717, 1.165) is 40.7 Å². The maximum atomic E-state index is 14.6. The maximum Gasteiger partial charge on any atom is 0.254 e. The van der Waals surface area contributed by atoms with E-state index in [1.165, 1.54) is 13.4 Å². The summed E-state index contributed by atoms with van der Waals surface area (Å²) in [6.45, 7) is 9.31.